The molecule has 0 saturated carbocycles. The maximum Gasteiger partial charge on any atom is 0.317 e. The number of carbonyl (C=O) groups is 1. The first-order chi connectivity index (χ1) is 16.7. The van der Waals surface area contributed by atoms with E-state index in [1.807, 2.05) is 0 Å². The molecule has 0 amide bonds. The zero-order valence-corrected chi connectivity index (χ0v) is 19.0. The van der Waals surface area contributed by atoms with Gasteiger partial charge in [-0.1, -0.05) is 12.1 Å². The van der Waals surface area contributed by atoms with Crippen LogP contribution in [0.4, 0.5) is 13.2 Å². The summed E-state index contributed by atoms with van der Waals surface area (Å²) >= 11 is 0. The molecule has 1 atom stereocenters. The summed E-state index contributed by atoms with van der Waals surface area (Å²) in [5.74, 6) is -4.20. The number of alkyl halides is 2. The van der Waals surface area contributed by atoms with E-state index < -0.39 is 23.8 Å². The Kier molecular flexibility index (Phi) is 7.12. The first-order valence-electron chi connectivity index (χ1n) is 11.0. The number of rotatable bonds is 10. The standard InChI is InChI=1S/C27H24F3NO4/c1-31(17-26(32)33)14-12-25(18-2-7-22(28)8-3-18)35-23-9-4-20(5-10-23)27(29,30)21-6-11-24-19(16-21)13-15-34-24/h2-11,13,15-16,25H,12,14,17H2,1H3,(H,32,33). The Hall–Kier alpha value is -3.78. The van der Waals surface area contributed by atoms with E-state index in [1.54, 1.807) is 30.1 Å². The summed E-state index contributed by atoms with van der Waals surface area (Å²) in [7, 11) is 1.67. The molecule has 0 spiro atoms. The Balaban J connectivity index is 1.52. The van der Waals surface area contributed by atoms with Crippen molar-refractivity contribution in [3.63, 3.8) is 0 Å². The molecule has 3 aromatic carbocycles. The van der Waals surface area contributed by atoms with Gasteiger partial charge >= 0.3 is 5.97 Å². The zero-order valence-electron chi connectivity index (χ0n) is 19.0. The first kappa shape index (κ1) is 24.3. The van der Waals surface area contributed by atoms with Gasteiger partial charge in [0.15, 0.2) is 0 Å². The minimum atomic E-state index is -3.22. The van der Waals surface area contributed by atoms with E-state index in [9.17, 15) is 9.18 Å². The third-order valence-corrected chi connectivity index (χ3v) is 5.73. The average molecular weight is 483 g/mol. The summed E-state index contributed by atoms with van der Waals surface area (Å²) in [5.41, 5.74) is 0.894. The highest BCUT2D eigenvalue weighted by atomic mass is 19.3. The summed E-state index contributed by atoms with van der Waals surface area (Å²) in [6.45, 7) is 0.269. The van der Waals surface area contributed by atoms with E-state index in [0.29, 0.717) is 35.2 Å². The largest absolute Gasteiger partial charge is 0.486 e. The molecule has 182 valence electrons. The molecule has 0 aliphatic heterocycles. The Morgan fingerprint density at radius 1 is 1.03 bits per heavy atom. The molecule has 0 aliphatic carbocycles. The van der Waals surface area contributed by atoms with Gasteiger partial charge in [-0.25, -0.2) is 4.39 Å². The molecule has 0 bridgehead atoms. The third-order valence-electron chi connectivity index (χ3n) is 5.73. The number of hydrogen-bond donors (Lipinski definition) is 1. The summed E-state index contributed by atoms with van der Waals surface area (Å²) in [6.07, 6.45) is 1.34. The Morgan fingerprint density at radius 3 is 2.40 bits per heavy atom. The van der Waals surface area contributed by atoms with Gasteiger partial charge in [0.05, 0.1) is 12.8 Å². The average Bonchev–Trinajstić information content (AvgIpc) is 3.30. The first-order valence-corrected chi connectivity index (χ1v) is 11.0. The van der Waals surface area contributed by atoms with Crippen LogP contribution < -0.4 is 4.74 Å². The van der Waals surface area contributed by atoms with Crippen LogP contribution in [0.15, 0.2) is 83.5 Å². The van der Waals surface area contributed by atoms with Crippen molar-refractivity contribution in [2.75, 3.05) is 20.1 Å². The summed E-state index contributed by atoms with van der Waals surface area (Å²) in [4.78, 5) is 12.6. The lowest BCUT2D eigenvalue weighted by atomic mass is 9.99. The SMILES string of the molecule is CN(CCC(Oc1ccc(C(F)(F)c2ccc3occc3c2)cc1)c1ccc(F)cc1)CC(=O)O. The van der Waals surface area contributed by atoms with Crippen molar-refractivity contribution in [1.82, 2.24) is 4.90 Å². The second-order valence-corrected chi connectivity index (χ2v) is 8.35. The maximum absolute atomic E-state index is 15.2. The quantitative estimate of drug-likeness (QED) is 0.289. The van der Waals surface area contributed by atoms with Crippen LogP contribution >= 0.6 is 0 Å². The number of fused-ring (bicyclic) bond motifs is 1. The Morgan fingerprint density at radius 2 is 1.71 bits per heavy atom. The van der Waals surface area contributed by atoms with Gasteiger partial charge < -0.3 is 14.3 Å². The zero-order chi connectivity index (χ0) is 25.0. The van der Waals surface area contributed by atoms with Crippen molar-refractivity contribution < 1.29 is 32.2 Å². The molecule has 0 fully saturated rings. The molecule has 5 nitrogen and oxygen atoms in total. The van der Waals surface area contributed by atoms with Gasteiger partial charge in [0.1, 0.15) is 23.3 Å². The Labute approximate surface area is 200 Å². The number of halogens is 3. The smallest absolute Gasteiger partial charge is 0.317 e. The van der Waals surface area contributed by atoms with Crippen LogP contribution in [0.5, 0.6) is 5.75 Å². The normalized spacial score (nSPS) is 12.7. The second-order valence-electron chi connectivity index (χ2n) is 8.35. The number of benzene rings is 3. The highest BCUT2D eigenvalue weighted by Gasteiger charge is 2.34. The van der Waals surface area contributed by atoms with Gasteiger partial charge in [0.25, 0.3) is 5.92 Å². The lowest BCUT2D eigenvalue weighted by Gasteiger charge is -2.23. The number of carboxylic acid groups (broad SMARTS) is 1. The fourth-order valence-electron chi connectivity index (χ4n) is 3.85. The fourth-order valence-corrected chi connectivity index (χ4v) is 3.85. The van der Waals surface area contributed by atoms with E-state index in [0.717, 1.165) is 0 Å². The maximum atomic E-state index is 15.2. The minimum absolute atomic E-state index is 0.134. The lowest BCUT2D eigenvalue weighted by Crippen LogP contribution is -2.28. The van der Waals surface area contributed by atoms with Crippen molar-refractivity contribution in [2.45, 2.75) is 18.4 Å². The van der Waals surface area contributed by atoms with Crippen LogP contribution in [-0.4, -0.2) is 36.1 Å². The molecule has 0 radical (unpaired) electrons. The molecule has 1 unspecified atom stereocenters. The molecular formula is C27H24F3NO4. The molecular weight excluding hydrogens is 459 g/mol. The predicted molar refractivity (Wildman–Crippen MR) is 125 cm³/mol. The number of likely N-dealkylation sites (N-methyl/N-ethyl adjacent to an activating group) is 1. The van der Waals surface area contributed by atoms with Gasteiger partial charge in [-0.15, -0.1) is 0 Å². The molecule has 0 saturated heterocycles. The number of aliphatic carboxylic acids is 1. The van der Waals surface area contributed by atoms with Gasteiger partial charge in [0, 0.05) is 29.5 Å². The van der Waals surface area contributed by atoms with E-state index in [4.69, 9.17) is 14.3 Å². The molecule has 1 N–H and O–H groups in total. The van der Waals surface area contributed by atoms with Crippen molar-refractivity contribution in [1.29, 1.82) is 0 Å². The molecule has 4 rings (SSSR count). The highest BCUT2D eigenvalue weighted by Crippen LogP contribution is 2.38. The molecule has 35 heavy (non-hydrogen) atoms. The van der Waals surface area contributed by atoms with Crippen LogP contribution in [0.1, 0.15) is 29.2 Å². The van der Waals surface area contributed by atoms with Crippen molar-refractivity contribution in [3.05, 3.63) is 102 Å². The van der Waals surface area contributed by atoms with Crippen molar-refractivity contribution in [3.8, 4) is 5.75 Å². The third kappa shape index (κ3) is 5.84. The molecule has 4 aromatic rings. The summed E-state index contributed by atoms with van der Waals surface area (Å²) in [6, 6.07) is 17.3. The van der Waals surface area contributed by atoms with E-state index >= 15 is 8.78 Å². The Bertz CT molecular complexity index is 1290. The molecule has 1 heterocycles. The van der Waals surface area contributed by atoms with Crippen LogP contribution in [0.3, 0.4) is 0 Å². The van der Waals surface area contributed by atoms with Crippen LogP contribution in [0.2, 0.25) is 0 Å². The van der Waals surface area contributed by atoms with Gasteiger partial charge in [-0.3, -0.25) is 9.69 Å². The van der Waals surface area contributed by atoms with E-state index in [-0.39, 0.29) is 17.7 Å². The van der Waals surface area contributed by atoms with E-state index in [1.165, 1.54) is 60.9 Å². The van der Waals surface area contributed by atoms with Gasteiger partial charge in [-0.2, -0.15) is 8.78 Å². The van der Waals surface area contributed by atoms with Crippen molar-refractivity contribution >= 4 is 16.9 Å². The predicted octanol–water partition coefficient (Wildman–Crippen LogP) is 6.24. The number of hydrogen-bond acceptors (Lipinski definition) is 4. The number of furan rings is 1. The summed E-state index contributed by atoms with van der Waals surface area (Å²) < 4.78 is 55.0. The number of nitrogens with zero attached hydrogens (tertiary/aromatic N) is 1. The molecule has 1 aromatic heterocycles. The van der Waals surface area contributed by atoms with Crippen LogP contribution in [0.25, 0.3) is 11.0 Å². The van der Waals surface area contributed by atoms with Crippen LogP contribution in [-0.2, 0) is 10.7 Å². The lowest BCUT2D eigenvalue weighted by molar-refractivity contribution is -0.138. The highest BCUT2D eigenvalue weighted by molar-refractivity contribution is 5.78. The second kappa shape index (κ2) is 10.2. The molecule has 8 heteroatoms. The molecule has 0 aliphatic rings. The number of ether oxygens (including phenoxy) is 1. The monoisotopic (exact) mass is 483 g/mol. The topological polar surface area (TPSA) is 62.9 Å². The fraction of sp³-hybridized carbons (Fsp3) is 0.222. The van der Waals surface area contributed by atoms with E-state index in [2.05, 4.69) is 0 Å². The summed E-state index contributed by atoms with van der Waals surface area (Å²) in [5, 5.41) is 9.56. The minimum Gasteiger partial charge on any atom is -0.486 e. The van der Waals surface area contributed by atoms with Gasteiger partial charge in [-0.05, 0) is 73.3 Å². The van der Waals surface area contributed by atoms with Crippen LogP contribution in [0, 0.1) is 5.82 Å². The number of carboxylic acids is 1. The van der Waals surface area contributed by atoms with Crippen molar-refractivity contribution in [2.24, 2.45) is 0 Å². The van der Waals surface area contributed by atoms with Gasteiger partial charge in [0.2, 0.25) is 0 Å².